The van der Waals surface area contributed by atoms with E-state index < -0.39 is 11.6 Å². The summed E-state index contributed by atoms with van der Waals surface area (Å²) in [4.78, 5) is 12.0. The average Bonchev–Trinajstić information content (AvgIpc) is 2.27. The molecule has 1 aromatic carbocycles. The second kappa shape index (κ2) is 5.45. The Hall–Kier alpha value is -0.810. The van der Waals surface area contributed by atoms with Crippen molar-refractivity contribution in [2.45, 2.75) is 13.3 Å². The lowest BCUT2D eigenvalue weighted by Gasteiger charge is -2.31. The van der Waals surface area contributed by atoms with Crippen LogP contribution in [0.25, 0.3) is 0 Å². The highest BCUT2D eigenvalue weighted by molar-refractivity contribution is 9.10. The molecular formula is C13H14BrF2NO. The Labute approximate surface area is 113 Å². The van der Waals surface area contributed by atoms with Crippen LogP contribution in [0.5, 0.6) is 0 Å². The van der Waals surface area contributed by atoms with Gasteiger partial charge in [0.15, 0.2) is 0 Å². The number of hydrogen-bond donors (Lipinski definition) is 1. The monoisotopic (exact) mass is 317 g/mol. The molecule has 1 atom stereocenters. The second-order valence-corrected chi connectivity index (χ2v) is 5.53. The molecule has 0 amide bonds. The fourth-order valence-electron chi connectivity index (χ4n) is 1.99. The molecular weight excluding hydrogens is 304 g/mol. The van der Waals surface area contributed by atoms with E-state index in [1.165, 1.54) is 12.1 Å². The molecule has 2 rings (SSSR count). The Morgan fingerprint density at radius 3 is 2.72 bits per heavy atom. The first-order valence-corrected chi connectivity index (χ1v) is 6.65. The number of carbonyl (C=O) groups excluding carboxylic acids is 1. The Morgan fingerprint density at radius 2 is 2.17 bits per heavy atom. The molecule has 0 aromatic heterocycles. The topological polar surface area (TPSA) is 29.1 Å². The van der Waals surface area contributed by atoms with Crippen LogP contribution >= 0.6 is 15.9 Å². The SMILES string of the molecule is CC(C(=O)Cc1c(F)ccc(Br)c1F)C1CNC1. The summed E-state index contributed by atoms with van der Waals surface area (Å²) in [6.07, 6.45) is -0.186. The van der Waals surface area contributed by atoms with Crippen LogP contribution in [0.1, 0.15) is 12.5 Å². The molecule has 1 fully saturated rings. The number of nitrogens with one attached hydrogen (secondary N) is 1. The maximum Gasteiger partial charge on any atom is 0.143 e. The van der Waals surface area contributed by atoms with Crippen molar-refractivity contribution in [3.8, 4) is 0 Å². The van der Waals surface area contributed by atoms with E-state index in [9.17, 15) is 13.6 Å². The second-order valence-electron chi connectivity index (χ2n) is 4.67. The number of rotatable bonds is 4. The zero-order valence-corrected chi connectivity index (χ0v) is 11.6. The number of ketones is 1. The summed E-state index contributed by atoms with van der Waals surface area (Å²) in [7, 11) is 0. The van der Waals surface area contributed by atoms with Crippen LogP contribution in [-0.2, 0) is 11.2 Å². The maximum absolute atomic E-state index is 13.7. The van der Waals surface area contributed by atoms with Crippen molar-refractivity contribution in [2.75, 3.05) is 13.1 Å². The Kier molecular flexibility index (Phi) is 4.12. The van der Waals surface area contributed by atoms with Crippen molar-refractivity contribution in [2.24, 2.45) is 11.8 Å². The highest BCUT2D eigenvalue weighted by Gasteiger charge is 2.29. The van der Waals surface area contributed by atoms with E-state index in [0.717, 1.165) is 13.1 Å². The first kappa shape index (κ1) is 13.6. The van der Waals surface area contributed by atoms with Crippen molar-refractivity contribution in [1.29, 1.82) is 0 Å². The van der Waals surface area contributed by atoms with Crippen LogP contribution in [0.3, 0.4) is 0 Å². The summed E-state index contributed by atoms with van der Waals surface area (Å²) in [6.45, 7) is 3.42. The molecule has 0 radical (unpaired) electrons. The van der Waals surface area contributed by atoms with Gasteiger partial charge in [0.1, 0.15) is 17.4 Å². The fourth-order valence-corrected chi connectivity index (χ4v) is 2.37. The van der Waals surface area contributed by atoms with Gasteiger partial charge in [0.25, 0.3) is 0 Å². The van der Waals surface area contributed by atoms with Crippen molar-refractivity contribution >= 4 is 21.7 Å². The lowest BCUT2D eigenvalue weighted by molar-refractivity contribution is -0.123. The van der Waals surface area contributed by atoms with E-state index in [1.54, 1.807) is 0 Å². The average molecular weight is 318 g/mol. The van der Waals surface area contributed by atoms with Crippen molar-refractivity contribution in [3.05, 3.63) is 33.8 Å². The zero-order valence-electron chi connectivity index (χ0n) is 9.97. The van der Waals surface area contributed by atoms with E-state index in [0.29, 0.717) is 0 Å². The summed E-state index contributed by atoms with van der Waals surface area (Å²) in [5, 5.41) is 3.08. The molecule has 0 bridgehead atoms. The quantitative estimate of drug-likeness (QED) is 0.865. The molecule has 1 aliphatic rings. The minimum Gasteiger partial charge on any atom is -0.316 e. The van der Waals surface area contributed by atoms with Gasteiger partial charge in [0, 0.05) is 17.9 Å². The molecule has 18 heavy (non-hydrogen) atoms. The predicted octanol–water partition coefficient (Wildman–Crippen LogP) is 2.69. The van der Waals surface area contributed by atoms with Gasteiger partial charge >= 0.3 is 0 Å². The normalized spacial score (nSPS) is 17.3. The van der Waals surface area contributed by atoms with E-state index in [2.05, 4.69) is 21.2 Å². The molecule has 5 heteroatoms. The van der Waals surface area contributed by atoms with Gasteiger partial charge in [0.2, 0.25) is 0 Å². The Bertz CT molecular complexity index is 474. The number of halogens is 3. The van der Waals surface area contributed by atoms with Gasteiger partial charge in [-0.25, -0.2) is 8.78 Å². The molecule has 1 N–H and O–H groups in total. The molecule has 0 aliphatic carbocycles. The van der Waals surface area contributed by atoms with Crippen LogP contribution in [0.4, 0.5) is 8.78 Å². The van der Waals surface area contributed by atoms with Crippen LogP contribution in [-0.4, -0.2) is 18.9 Å². The van der Waals surface area contributed by atoms with E-state index >= 15 is 0 Å². The summed E-state index contributed by atoms with van der Waals surface area (Å²) in [5.41, 5.74) is -0.145. The fraction of sp³-hybridized carbons (Fsp3) is 0.462. The lowest BCUT2D eigenvalue weighted by atomic mass is 9.84. The molecule has 0 saturated carbocycles. The van der Waals surface area contributed by atoms with Crippen LogP contribution in [0.2, 0.25) is 0 Å². The van der Waals surface area contributed by atoms with Gasteiger partial charge in [-0.3, -0.25) is 4.79 Å². The summed E-state index contributed by atoms with van der Waals surface area (Å²) < 4.78 is 27.4. The van der Waals surface area contributed by atoms with Crippen molar-refractivity contribution < 1.29 is 13.6 Å². The van der Waals surface area contributed by atoms with E-state index in [-0.39, 0.29) is 34.1 Å². The van der Waals surface area contributed by atoms with Gasteiger partial charge in [-0.1, -0.05) is 6.92 Å². The minimum absolute atomic E-state index is 0.114. The Balaban J connectivity index is 2.13. The number of benzene rings is 1. The third-order valence-corrected chi connectivity index (χ3v) is 4.13. The Morgan fingerprint density at radius 1 is 1.50 bits per heavy atom. The predicted molar refractivity (Wildman–Crippen MR) is 68.3 cm³/mol. The minimum atomic E-state index is -0.678. The lowest BCUT2D eigenvalue weighted by Crippen LogP contribution is -2.47. The van der Waals surface area contributed by atoms with Crippen LogP contribution in [0, 0.1) is 23.5 Å². The third kappa shape index (κ3) is 2.62. The molecule has 1 saturated heterocycles. The van der Waals surface area contributed by atoms with E-state index in [1.807, 2.05) is 6.92 Å². The van der Waals surface area contributed by atoms with E-state index in [4.69, 9.17) is 0 Å². The molecule has 1 aromatic rings. The largest absolute Gasteiger partial charge is 0.316 e. The first-order valence-electron chi connectivity index (χ1n) is 5.86. The van der Waals surface area contributed by atoms with Gasteiger partial charge < -0.3 is 5.32 Å². The number of carbonyl (C=O) groups is 1. The summed E-state index contributed by atoms with van der Waals surface area (Å²) in [6, 6.07) is 2.48. The molecule has 98 valence electrons. The molecule has 1 aliphatic heterocycles. The van der Waals surface area contributed by atoms with Gasteiger partial charge in [-0.15, -0.1) is 0 Å². The maximum atomic E-state index is 13.7. The standard InChI is InChI=1S/C13H14BrF2NO/c1-7(8-5-17-6-8)12(18)4-9-11(15)3-2-10(14)13(9)16/h2-3,7-8,17H,4-6H2,1H3. The molecule has 0 spiro atoms. The number of Topliss-reactive ketones (excluding diaryl/α,β-unsaturated/α-hetero) is 1. The zero-order chi connectivity index (χ0) is 13.3. The third-order valence-electron chi connectivity index (χ3n) is 3.52. The van der Waals surface area contributed by atoms with Crippen molar-refractivity contribution in [3.63, 3.8) is 0 Å². The smallest absolute Gasteiger partial charge is 0.143 e. The van der Waals surface area contributed by atoms with Gasteiger partial charge in [-0.05, 0) is 47.1 Å². The number of hydrogen-bond acceptors (Lipinski definition) is 2. The first-order chi connectivity index (χ1) is 8.50. The van der Waals surface area contributed by atoms with Crippen LogP contribution < -0.4 is 5.32 Å². The summed E-state index contributed by atoms with van der Waals surface area (Å²) >= 11 is 3.00. The molecule has 2 nitrogen and oxygen atoms in total. The summed E-state index contributed by atoms with van der Waals surface area (Å²) in [5.74, 6) is -1.33. The molecule has 1 unspecified atom stereocenters. The van der Waals surface area contributed by atoms with Gasteiger partial charge in [0.05, 0.1) is 4.47 Å². The van der Waals surface area contributed by atoms with Crippen molar-refractivity contribution in [1.82, 2.24) is 5.32 Å². The molecule has 1 heterocycles. The highest BCUT2D eigenvalue weighted by atomic mass is 79.9. The van der Waals surface area contributed by atoms with Crippen LogP contribution in [0.15, 0.2) is 16.6 Å². The highest BCUT2D eigenvalue weighted by Crippen LogP contribution is 2.24. The van der Waals surface area contributed by atoms with Gasteiger partial charge in [-0.2, -0.15) is 0 Å².